The average Bonchev–Trinajstić information content (AvgIpc) is 3.58. The van der Waals surface area contributed by atoms with Crippen molar-refractivity contribution in [3.63, 3.8) is 0 Å². The van der Waals surface area contributed by atoms with Crippen molar-refractivity contribution >= 4 is 40.4 Å². The number of hydrogen-bond donors (Lipinski definition) is 0. The molecule has 1 aliphatic heterocycles. The SMILES string of the molecule is CC1(C)c2ccccc2-c2c1ccc1c3ccccc3n(-c3nc(-c4ccccc4)nc4c3-c3ccccc3[Si]4(C)C)c21. The Morgan fingerprint density at radius 3 is 2.14 bits per heavy atom. The molecule has 0 atom stereocenters. The highest BCUT2D eigenvalue weighted by molar-refractivity contribution is 7.03. The molecule has 0 N–H and O–H groups in total. The molecule has 1 aliphatic carbocycles. The van der Waals surface area contributed by atoms with Gasteiger partial charge in [-0.05, 0) is 33.5 Å². The van der Waals surface area contributed by atoms with E-state index in [1.807, 2.05) is 0 Å². The summed E-state index contributed by atoms with van der Waals surface area (Å²) < 4.78 is 2.47. The molecule has 4 heteroatoms. The van der Waals surface area contributed by atoms with Crippen molar-refractivity contribution in [1.29, 1.82) is 0 Å². The number of nitrogens with zero attached hydrogens (tertiary/aromatic N) is 3. The summed E-state index contributed by atoms with van der Waals surface area (Å²) in [5, 5.41) is 5.16. The van der Waals surface area contributed by atoms with Gasteiger partial charge in [-0.1, -0.05) is 136 Å². The first-order valence-corrected chi connectivity index (χ1v) is 18.1. The average molecular weight is 570 g/mol. The van der Waals surface area contributed by atoms with Crippen molar-refractivity contribution in [2.75, 3.05) is 0 Å². The Kier molecular flexibility index (Phi) is 4.83. The van der Waals surface area contributed by atoms with Gasteiger partial charge >= 0.3 is 0 Å². The fourth-order valence-corrected chi connectivity index (χ4v) is 10.8. The fraction of sp³-hybridized carbons (Fsp3) is 0.128. The van der Waals surface area contributed by atoms with Gasteiger partial charge in [0.2, 0.25) is 0 Å². The second kappa shape index (κ2) is 8.39. The molecule has 3 nitrogen and oxygen atoms in total. The predicted molar refractivity (Wildman–Crippen MR) is 182 cm³/mol. The lowest BCUT2D eigenvalue weighted by molar-refractivity contribution is 0.661. The number of para-hydroxylation sites is 1. The van der Waals surface area contributed by atoms with E-state index in [0.29, 0.717) is 0 Å². The number of rotatable bonds is 2. The van der Waals surface area contributed by atoms with Gasteiger partial charge in [-0.25, -0.2) is 9.97 Å². The molecule has 5 aromatic carbocycles. The van der Waals surface area contributed by atoms with Crippen LogP contribution >= 0.6 is 0 Å². The summed E-state index contributed by atoms with van der Waals surface area (Å²) >= 11 is 0. The van der Waals surface area contributed by atoms with Gasteiger partial charge in [-0.15, -0.1) is 0 Å². The number of fused-ring (bicyclic) bond motifs is 10. The largest absolute Gasteiger partial charge is 0.293 e. The molecule has 0 spiro atoms. The van der Waals surface area contributed by atoms with E-state index in [1.54, 1.807) is 0 Å². The van der Waals surface area contributed by atoms with Crippen LogP contribution in [-0.4, -0.2) is 22.6 Å². The lowest BCUT2D eigenvalue weighted by atomic mass is 9.82. The van der Waals surface area contributed by atoms with Gasteiger partial charge in [0, 0.05) is 38.2 Å². The number of hydrogen-bond acceptors (Lipinski definition) is 2. The Hall–Kier alpha value is -4.80. The Balaban J connectivity index is 1.51. The molecule has 3 heterocycles. The molecule has 2 aliphatic rings. The van der Waals surface area contributed by atoms with Crippen molar-refractivity contribution < 1.29 is 0 Å². The minimum absolute atomic E-state index is 0.0915. The molecule has 0 fully saturated rings. The molecule has 9 rings (SSSR count). The minimum Gasteiger partial charge on any atom is -0.293 e. The highest BCUT2D eigenvalue weighted by atomic mass is 28.3. The summed E-state index contributed by atoms with van der Waals surface area (Å²) in [6, 6.07) is 41.9. The van der Waals surface area contributed by atoms with Gasteiger partial charge in [0.25, 0.3) is 0 Å². The van der Waals surface area contributed by atoms with Gasteiger partial charge < -0.3 is 0 Å². The van der Waals surface area contributed by atoms with E-state index < -0.39 is 8.07 Å². The van der Waals surface area contributed by atoms with Crippen LogP contribution in [0.4, 0.5) is 0 Å². The Morgan fingerprint density at radius 2 is 1.30 bits per heavy atom. The summed E-state index contributed by atoms with van der Waals surface area (Å²) in [4.78, 5) is 10.9. The molecule has 0 bridgehead atoms. The Labute approximate surface area is 252 Å². The van der Waals surface area contributed by atoms with Gasteiger partial charge in [0.1, 0.15) is 13.9 Å². The molecule has 2 aromatic heterocycles. The third-order valence-corrected chi connectivity index (χ3v) is 13.3. The van der Waals surface area contributed by atoms with E-state index in [0.717, 1.165) is 17.2 Å². The first-order valence-electron chi connectivity index (χ1n) is 15.1. The van der Waals surface area contributed by atoms with Crippen LogP contribution in [0.5, 0.6) is 0 Å². The molecule has 0 radical (unpaired) electrons. The molecule has 0 unspecified atom stereocenters. The predicted octanol–water partition coefficient (Wildman–Crippen LogP) is 8.35. The summed E-state index contributed by atoms with van der Waals surface area (Å²) in [7, 11) is -2.09. The quantitative estimate of drug-likeness (QED) is 0.196. The first-order chi connectivity index (χ1) is 20.9. The highest BCUT2D eigenvalue weighted by Crippen LogP contribution is 2.53. The van der Waals surface area contributed by atoms with Crippen LogP contribution in [0.25, 0.3) is 61.3 Å². The summed E-state index contributed by atoms with van der Waals surface area (Å²) in [5.41, 5.74) is 11.2. The first kappa shape index (κ1) is 24.8. The van der Waals surface area contributed by atoms with E-state index in [9.17, 15) is 0 Å². The van der Waals surface area contributed by atoms with Crippen LogP contribution in [0.15, 0.2) is 115 Å². The van der Waals surface area contributed by atoms with Gasteiger partial charge in [0.15, 0.2) is 5.82 Å². The molecular weight excluding hydrogens is 539 g/mol. The molecular formula is C39H31N3Si. The van der Waals surface area contributed by atoms with Crippen LogP contribution in [0, 0.1) is 0 Å². The van der Waals surface area contributed by atoms with Gasteiger partial charge in [0.05, 0.1) is 11.0 Å². The van der Waals surface area contributed by atoms with Gasteiger partial charge in [-0.3, -0.25) is 4.57 Å². The second-order valence-corrected chi connectivity index (χ2v) is 17.3. The lowest BCUT2D eigenvalue weighted by Gasteiger charge is -2.21. The van der Waals surface area contributed by atoms with Crippen LogP contribution in [0.1, 0.15) is 25.0 Å². The number of aromatic nitrogens is 3. The minimum atomic E-state index is -2.09. The van der Waals surface area contributed by atoms with Crippen LogP contribution in [0.3, 0.4) is 0 Å². The van der Waals surface area contributed by atoms with Crippen molar-refractivity contribution in [2.45, 2.75) is 32.4 Å². The number of benzene rings is 5. The van der Waals surface area contributed by atoms with Crippen LogP contribution in [-0.2, 0) is 5.41 Å². The second-order valence-electron chi connectivity index (χ2n) is 13.0. The summed E-state index contributed by atoms with van der Waals surface area (Å²) in [5.74, 6) is 1.78. The Morgan fingerprint density at radius 1 is 0.605 bits per heavy atom. The summed E-state index contributed by atoms with van der Waals surface area (Å²) in [6.07, 6.45) is 0. The molecule has 0 saturated carbocycles. The van der Waals surface area contributed by atoms with Crippen molar-refractivity contribution in [3.8, 4) is 39.5 Å². The molecule has 0 amide bonds. The zero-order valence-corrected chi connectivity index (χ0v) is 25.8. The zero-order chi connectivity index (χ0) is 29.1. The van der Waals surface area contributed by atoms with Crippen molar-refractivity contribution in [1.82, 2.24) is 14.5 Å². The van der Waals surface area contributed by atoms with E-state index in [-0.39, 0.29) is 5.41 Å². The topological polar surface area (TPSA) is 30.7 Å². The standard InChI is InChI=1S/C39H31N3Si/c1-39(2)29-19-11-8-17-27(29)33-30(39)23-22-26-25-16-9-12-20-31(25)42(35(26)33)37-34-28-18-10-13-21-32(28)43(3,4)38(34)41-36(40-37)24-14-6-5-7-15-24/h5-23H,1-4H3. The van der Waals surface area contributed by atoms with Crippen LogP contribution in [0.2, 0.25) is 13.1 Å². The molecule has 7 aromatic rings. The van der Waals surface area contributed by atoms with Gasteiger partial charge in [-0.2, -0.15) is 0 Å². The highest BCUT2D eigenvalue weighted by Gasteiger charge is 2.43. The van der Waals surface area contributed by atoms with E-state index >= 15 is 0 Å². The smallest absolute Gasteiger partial charge is 0.161 e. The maximum absolute atomic E-state index is 5.51. The third-order valence-electron chi connectivity index (χ3n) is 9.98. The van der Waals surface area contributed by atoms with Crippen molar-refractivity contribution in [3.05, 3.63) is 126 Å². The normalized spacial score (nSPS) is 15.3. The monoisotopic (exact) mass is 569 g/mol. The maximum Gasteiger partial charge on any atom is 0.161 e. The van der Waals surface area contributed by atoms with Crippen molar-refractivity contribution in [2.24, 2.45) is 0 Å². The zero-order valence-electron chi connectivity index (χ0n) is 24.8. The summed E-state index contributed by atoms with van der Waals surface area (Å²) in [6.45, 7) is 9.59. The lowest BCUT2D eigenvalue weighted by Crippen LogP contribution is -2.51. The van der Waals surface area contributed by atoms with Crippen LogP contribution < -0.4 is 10.5 Å². The fourth-order valence-electron chi connectivity index (χ4n) is 7.86. The van der Waals surface area contributed by atoms with E-state index in [2.05, 4.69) is 147 Å². The molecule has 206 valence electrons. The van der Waals surface area contributed by atoms with E-state index in [1.165, 1.54) is 65.7 Å². The molecule has 43 heavy (non-hydrogen) atoms. The molecule has 0 saturated heterocycles. The Bertz CT molecular complexity index is 2290. The van der Waals surface area contributed by atoms with E-state index in [4.69, 9.17) is 9.97 Å². The maximum atomic E-state index is 5.51. The third kappa shape index (κ3) is 3.14.